The Morgan fingerprint density at radius 1 is 1.50 bits per heavy atom. The van der Waals surface area contributed by atoms with Crippen LogP contribution in [0.25, 0.3) is 0 Å². The van der Waals surface area contributed by atoms with Crippen LogP contribution in [0.5, 0.6) is 0 Å². The molecule has 0 aromatic heterocycles. The first-order valence-electron chi connectivity index (χ1n) is 5.41. The molecule has 0 spiro atoms. The second kappa shape index (κ2) is 5.63. The number of hydrogen-bond acceptors (Lipinski definition) is 2. The Labute approximate surface area is 109 Å². The van der Waals surface area contributed by atoms with Gasteiger partial charge < -0.3 is 10.1 Å². The molecule has 1 heterocycles. The van der Waals surface area contributed by atoms with E-state index >= 15 is 0 Å². The van der Waals surface area contributed by atoms with Crippen molar-refractivity contribution in [2.24, 2.45) is 0 Å². The molecule has 1 fully saturated rings. The molecule has 1 aromatic carbocycles. The second-order valence-corrected chi connectivity index (χ2v) is 4.99. The van der Waals surface area contributed by atoms with Gasteiger partial charge in [0.2, 0.25) is 0 Å². The fourth-order valence-electron chi connectivity index (χ4n) is 1.75. The van der Waals surface area contributed by atoms with E-state index in [0.29, 0.717) is 6.54 Å². The summed E-state index contributed by atoms with van der Waals surface area (Å²) < 4.78 is 6.43. The summed E-state index contributed by atoms with van der Waals surface area (Å²) in [6.45, 7) is 1.44. The summed E-state index contributed by atoms with van der Waals surface area (Å²) in [5.74, 6) is -0.0134. The van der Waals surface area contributed by atoms with Crippen LogP contribution in [0.2, 0.25) is 0 Å². The Kier molecular flexibility index (Phi) is 4.17. The van der Waals surface area contributed by atoms with Crippen LogP contribution in [0.3, 0.4) is 0 Å². The van der Waals surface area contributed by atoms with Crippen molar-refractivity contribution in [2.45, 2.75) is 18.9 Å². The summed E-state index contributed by atoms with van der Waals surface area (Å²) in [7, 11) is 0. The van der Waals surface area contributed by atoms with Crippen LogP contribution in [0, 0.1) is 3.57 Å². The molecular formula is C12H14INO2. The Bertz CT molecular complexity index is 375. The minimum Gasteiger partial charge on any atom is -0.376 e. The van der Waals surface area contributed by atoms with E-state index in [0.717, 1.165) is 28.6 Å². The predicted octanol–water partition coefficient (Wildman–Crippen LogP) is 2.20. The molecule has 1 aliphatic heterocycles. The lowest BCUT2D eigenvalue weighted by molar-refractivity contribution is 0.0857. The Balaban J connectivity index is 1.90. The van der Waals surface area contributed by atoms with Gasteiger partial charge in [-0.1, -0.05) is 12.1 Å². The van der Waals surface area contributed by atoms with E-state index in [9.17, 15) is 4.79 Å². The van der Waals surface area contributed by atoms with E-state index in [1.54, 1.807) is 0 Å². The number of benzene rings is 1. The van der Waals surface area contributed by atoms with Crippen LogP contribution >= 0.6 is 22.6 Å². The number of nitrogens with one attached hydrogen (secondary N) is 1. The minimum atomic E-state index is -0.0134. The molecule has 0 bridgehead atoms. The molecule has 3 nitrogen and oxygen atoms in total. The maximum atomic E-state index is 11.9. The number of rotatable bonds is 3. The van der Waals surface area contributed by atoms with Crippen molar-refractivity contribution in [1.29, 1.82) is 0 Å². The Morgan fingerprint density at radius 2 is 2.31 bits per heavy atom. The van der Waals surface area contributed by atoms with Crippen LogP contribution in [0.1, 0.15) is 23.2 Å². The van der Waals surface area contributed by atoms with Crippen LogP contribution in [-0.4, -0.2) is 25.2 Å². The summed E-state index contributed by atoms with van der Waals surface area (Å²) in [5, 5.41) is 2.91. The molecule has 1 aliphatic rings. The largest absolute Gasteiger partial charge is 0.376 e. The summed E-state index contributed by atoms with van der Waals surface area (Å²) in [6.07, 6.45) is 2.35. The standard InChI is InChI=1S/C12H14INO2/c13-11-6-2-1-5-10(11)12(15)14-8-9-4-3-7-16-9/h1-2,5-6,9H,3-4,7-8H2,(H,14,15). The predicted molar refractivity (Wildman–Crippen MR) is 70.5 cm³/mol. The first kappa shape index (κ1) is 11.9. The van der Waals surface area contributed by atoms with Gasteiger partial charge in [-0.05, 0) is 47.6 Å². The zero-order valence-corrected chi connectivity index (χ0v) is 11.1. The number of halogens is 1. The van der Waals surface area contributed by atoms with E-state index < -0.39 is 0 Å². The molecule has 0 saturated carbocycles. The van der Waals surface area contributed by atoms with Crippen LogP contribution in [0.4, 0.5) is 0 Å². The zero-order valence-electron chi connectivity index (χ0n) is 8.91. The Morgan fingerprint density at radius 3 is 3.00 bits per heavy atom. The number of amides is 1. The normalized spacial score (nSPS) is 19.7. The molecule has 1 saturated heterocycles. The molecule has 86 valence electrons. The molecule has 4 heteroatoms. The highest BCUT2D eigenvalue weighted by Crippen LogP contribution is 2.13. The van der Waals surface area contributed by atoms with Gasteiger partial charge in [-0.3, -0.25) is 4.79 Å². The maximum Gasteiger partial charge on any atom is 0.252 e. The fraction of sp³-hybridized carbons (Fsp3) is 0.417. The van der Waals surface area contributed by atoms with Gasteiger partial charge in [0.1, 0.15) is 0 Å². The van der Waals surface area contributed by atoms with E-state index in [2.05, 4.69) is 27.9 Å². The molecule has 1 aromatic rings. The molecule has 2 rings (SSSR count). The lowest BCUT2D eigenvalue weighted by Crippen LogP contribution is -2.32. The molecule has 16 heavy (non-hydrogen) atoms. The van der Waals surface area contributed by atoms with Gasteiger partial charge >= 0.3 is 0 Å². The summed E-state index contributed by atoms with van der Waals surface area (Å²) in [5.41, 5.74) is 0.737. The molecule has 0 radical (unpaired) electrons. The highest BCUT2D eigenvalue weighted by Gasteiger charge is 2.17. The number of ether oxygens (including phenoxy) is 1. The van der Waals surface area contributed by atoms with Gasteiger partial charge in [-0.15, -0.1) is 0 Å². The van der Waals surface area contributed by atoms with Crippen molar-refractivity contribution in [3.8, 4) is 0 Å². The quantitative estimate of drug-likeness (QED) is 0.863. The van der Waals surface area contributed by atoms with E-state index in [4.69, 9.17) is 4.74 Å². The van der Waals surface area contributed by atoms with Crippen molar-refractivity contribution in [2.75, 3.05) is 13.2 Å². The van der Waals surface area contributed by atoms with Gasteiger partial charge in [0.15, 0.2) is 0 Å². The smallest absolute Gasteiger partial charge is 0.252 e. The summed E-state index contributed by atoms with van der Waals surface area (Å²) in [6, 6.07) is 7.58. The van der Waals surface area contributed by atoms with E-state index in [1.165, 1.54) is 0 Å². The minimum absolute atomic E-state index is 0.0134. The van der Waals surface area contributed by atoms with Gasteiger partial charge in [-0.2, -0.15) is 0 Å². The van der Waals surface area contributed by atoms with E-state index in [1.807, 2.05) is 24.3 Å². The van der Waals surface area contributed by atoms with Crippen molar-refractivity contribution in [3.63, 3.8) is 0 Å². The first-order valence-corrected chi connectivity index (χ1v) is 6.49. The number of carbonyl (C=O) groups excluding carboxylic acids is 1. The third kappa shape index (κ3) is 2.95. The van der Waals surface area contributed by atoms with Crippen LogP contribution < -0.4 is 5.32 Å². The lowest BCUT2D eigenvalue weighted by atomic mass is 10.2. The average Bonchev–Trinajstić information content (AvgIpc) is 2.79. The second-order valence-electron chi connectivity index (χ2n) is 3.82. The van der Waals surface area contributed by atoms with E-state index in [-0.39, 0.29) is 12.0 Å². The molecule has 1 unspecified atom stereocenters. The van der Waals surface area contributed by atoms with Gasteiger partial charge in [-0.25, -0.2) is 0 Å². The topological polar surface area (TPSA) is 38.3 Å². The van der Waals surface area contributed by atoms with Gasteiger partial charge in [0.05, 0.1) is 11.7 Å². The molecule has 0 aliphatic carbocycles. The zero-order chi connectivity index (χ0) is 11.4. The molecule has 1 N–H and O–H groups in total. The van der Waals surface area contributed by atoms with Crippen molar-refractivity contribution in [3.05, 3.63) is 33.4 Å². The maximum absolute atomic E-state index is 11.9. The van der Waals surface area contributed by atoms with Crippen LogP contribution in [-0.2, 0) is 4.74 Å². The SMILES string of the molecule is O=C(NCC1CCCO1)c1ccccc1I. The highest BCUT2D eigenvalue weighted by molar-refractivity contribution is 14.1. The van der Waals surface area contributed by atoms with Crippen LogP contribution in [0.15, 0.2) is 24.3 Å². The average molecular weight is 331 g/mol. The van der Waals surface area contributed by atoms with Crippen molar-refractivity contribution < 1.29 is 9.53 Å². The highest BCUT2D eigenvalue weighted by atomic mass is 127. The number of carbonyl (C=O) groups is 1. The number of hydrogen-bond donors (Lipinski definition) is 1. The van der Waals surface area contributed by atoms with Gasteiger partial charge in [0.25, 0.3) is 5.91 Å². The van der Waals surface area contributed by atoms with Crippen molar-refractivity contribution >= 4 is 28.5 Å². The first-order chi connectivity index (χ1) is 7.77. The lowest BCUT2D eigenvalue weighted by Gasteiger charge is -2.11. The summed E-state index contributed by atoms with van der Waals surface area (Å²) in [4.78, 5) is 11.9. The van der Waals surface area contributed by atoms with Crippen molar-refractivity contribution in [1.82, 2.24) is 5.32 Å². The molecule has 1 amide bonds. The Hall–Kier alpha value is -0.620. The van der Waals surface area contributed by atoms with Gasteiger partial charge in [0, 0.05) is 16.7 Å². The third-order valence-corrected chi connectivity index (χ3v) is 3.57. The monoisotopic (exact) mass is 331 g/mol. The summed E-state index contributed by atoms with van der Waals surface area (Å²) >= 11 is 2.17. The molecular weight excluding hydrogens is 317 g/mol. The third-order valence-electron chi connectivity index (χ3n) is 2.63. The fourth-order valence-corrected chi connectivity index (χ4v) is 2.38. The molecule has 1 atom stereocenters.